The first-order valence-corrected chi connectivity index (χ1v) is 8.21. The van der Waals surface area contributed by atoms with E-state index in [2.05, 4.69) is 4.74 Å². The number of halogens is 3. The highest BCUT2D eigenvalue weighted by molar-refractivity contribution is 7.92. The van der Waals surface area contributed by atoms with Crippen molar-refractivity contribution in [3.63, 3.8) is 0 Å². The van der Waals surface area contributed by atoms with Crippen LogP contribution in [-0.4, -0.2) is 49.9 Å². The molecule has 0 unspecified atom stereocenters. The van der Waals surface area contributed by atoms with Gasteiger partial charge in [0, 0.05) is 12.6 Å². The highest BCUT2D eigenvalue weighted by atomic mass is 32.2. The van der Waals surface area contributed by atoms with E-state index >= 15 is 0 Å². The fraction of sp³-hybridized carbons (Fsp3) is 0.462. The van der Waals surface area contributed by atoms with Crippen molar-refractivity contribution in [3.05, 3.63) is 29.1 Å². The van der Waals surface area contributed by atoms with Crippen molar-refractivity contribution in [1.82, 2.24) is 4.90 Å². The monoisotopic (exact) mass is 335 g/mol. The maximum atomic E-state index is 14.1. The molecule has 22 heavy (non-hydrogen) atoms. The number of sulfone groups is 1. The lowest BCUT2D eigenvalue weighted by Gasteiger charge is -2.27. The van der Waals surface area contributed by atoms with Crippen molar-refractivity contribution in [2.75, 3.05) is 19.4 Å². The molecule has 9 heteroatoms. The van der Waals surface area contributed by atoms with Crippen LogP contribution in [0.2, 0.25) is 0 Å². The summed E-state index contributed by atoms with van der Waals surface area (Å²) in [5.41, 5.74) is -0.666. The smallest absolute Gasteiger partial charge is 0.257 e. The summed E-state index contributed by atoms with van der Waals surface area (Å²) in [5.74, 6) is -6.23. The van der Waals surface area contributed by atoms with Gasteiger partial charge in [-0.1, -0.05) is 0 Å². The highest BCUT2D eigenvalue weighted by Gasteiger charge is 2.50. The molecule has 1 aromatic rings. The van der Waals surface area contributed by atoms with E-state index in [-0.39, 0.29) is 18.7 Å². The molecule has 2 aliphatic heterocycles. The minimum atomic E-state index is -3.22. The first kappa shape index (κ1) is 15.1. The summed E-state index contributed by atoms with van der Waals surface area (Å²) in [6.45, 7) is -0.0629. The van der Waals surface area contributed by atoms with Crippen molar-refractivity contribution >= 4 is 15.7 Å². The zero-order chi connectivity index (χ0) is 16.2. The van der Waals surface area contributed by atoms with E-state index in [1.165, 1.54) is 4.90 Å². The number of carbonyl (C=O) groups is 1. The Morgan fingerprint density at radius 3 is 2.50 bits per heavy atom. The first-order chi connectivity index (χ1) is 10.3. The van der Waals surface area contributed by atoms with Gasteiger partial charge in [0.05, 0.1) is 23.7 Å². The van der Waals surface area contributed by atoms with E-state index in [1.807, 2.05) is 0 Å². The van der Waals surface area contributed by atoms with Crippen LogP contribution in [0.25, 0.3) is 0 Å². The lowest BCUT2D eigenvalue weighted by molar-refractivity contribution is 0.0739. The summed E-state index contributed by atoms with van der Waals surface area (Å²) in [5, 5.41) is -0.670. The van der Waals surface area contributed by atoms with Gasteiger partial charge >= 0.3 is 0 Å². The third-order valence-corrected chi connectivity index (χ3v) is 6.33. The van der Waals surface area contributed by atoms with E-state index in [9.17, 15) is 26.4 Å². The van der Waals surface area contributed by atoms with Crippen molar-refractivity contribution in [1.29, 1.82) is 0 Å². The summed E-state index contributed by atoms with van der Waals surface area (Å²) >= 11 is 0. The molecule has 0 spiro atoms. The molecule has 0 saturated carbocycles. The number of amides is 1. The average Bonchev–Trinajstić information content (AvgIpc) is 2.98. The molecule has 2 fully saturated rings. The maximum Gasteiger partial charge on any atom is 0.257 e. The summed E-state index contributed by atoms with van der Waals surface area (Å²) in [4.78, 5) is 13.5. The molecule has 3 rings (SSSR count). The third kappa shape index (κ3) is 2.06. The second-order valence-corrected chi connectivity index (χ2v) is 7.69. The molecular formula is C13H12F3NO4S. The van der Waals surface area contributed by atoms with Crippen molar-refractivity contribution in [3.8, 4) is 5.75 Å². The Labute approximate surface area is 124 Å². The Kier molecular flexibility index (Phi) is 3.35. The predicted molar refractivity (Wildman–Crippen MR) is 69.9 cm³/mol. The van der Waals surface area contributed by atoms with E-state index in [4.69, 9.17) is 0 Å². The quantitative estimate of drug-likeness (QED) is 0.760. The zero-order valence-electron chi connectivity index (χ0n) is 11.5. The molecule has 0 N–H and O–H groups in total. The summed E-state index contributed by atoms with van der Waals surface area (Å²) in [6, 6.07) is -0.0864. The van der Waals surface area contributed by atoms with Gasteiger partial charge < -0.3 is 9.64 Å². The number of methoxy groups -OCH3 is 1. The van der Waals surface area contributed by atoms with Crippen LogP contribution < -0.4 is 4.74 Å². The van der Waals surface area contributed by atoms with E-state index in [0.29, 0.717) is 6.07 Å². The fourth-order valence-electron chi connectivity index (χ4n) is 3.01. The first-order valence-electron chi connectivity index (χ1n) is 6.50. The summed E-state index contributed by atoms with van der Waals surface area (Å²) in [7, 11) is -2.26. The molecular weight excluding hydrogens is 323 g/mol. The minimum Gasteiger partial charge on any atom is -0.491 e. The Bertz CT molecular complexity index is 765. The molecule has 0 radical (unpaired) electrons. The molecule has 0 aromatic heterocycles. The number of nitrogens with zero attached hydrogens (tertiary/aromatic N) is 1. The van der Waals surface area contributed by atoms with Gasteiger partial charge in [-0.25, -0.2) is 17.2 Å². The van der Waals surface area contributed by atoms with E-state index in [1.54, 1.807) is 0 Å². The molecule has 5 nitrogen and oxygen atoms in total. The van der Waals surface area contributed by atoms with Gasteiger partial charge in [0.2, 0.25) is 5.82 Å². The van der Waals surface area contributed by atoms with Crippen LogP contribution in [0.5, 0.6) is 5.75 Å². The molecule has 2 heterocycles. The van der Waals surface area contributed by atoms with Gasteiger partial charge in [-0.05, 0) is 12.5 Å². The molecule has 2 bridgehead atoms. The maximum absolute atomic E-state index is 14.1. The third-order valence-electron chi connectivity index (χ3n) is 4.12. The zero-order valence-corrected chi connectivity index (χ0v) is 12.3. The largest absolute Gasteiger partial charge is 0.491 e. The van der Waals surface area contributed by atoms with Crippen LogP contribution in [0.4, 0.5) is 13.2 Å². The van der Waals surface area contributed by atoms with E-state index in [0.717, 1.165) is 7.11 Å². The van der Waals surface area contributed by atoms with Crippen LogP contribution >= 0.6 is 0 Å². The van der Waals surface area contributed by atoms with E-state index < -0.39 is 55.8 Å². The second-order valence-electron chi connectivity index (χ2n) is 5.37. The fourth-order valence-corrected chi connectivity index (χ4v) is 5.04. The number of hydrogen-bond donors (Lipinski definition) is 0. The van der Waals surface area contributed by atoms with Gasteiger partial charge in [0.1, 0.15) is 0 Å². The molecule has 1 amide bonds. The minimum absolute atomic E-state index is 0.0629. The highest BCUT2D eigenvalue weighted by Crippen LogP contribution is 2.35. The Balaban J connectivity index is 1.97. The second kappa shape index (κ2) is 4.87. The number of hydrogen-bond acceptors (Lipinski definition) is 4. The molecule has 1 aromatic carbocycles. The van der Waals surface area contributed by atoms with Gasteiger partial charge in [-0.2, -0.15) is 4.39 Å². The van der Waals surface area contributed by atoms with Gasteiger partial charge in [0.15, 0.2) is 27.2 Å². The average molecular weight is 335 g/mol. The summed E-state index contributed by atoms with van der Waals surface area (Å²) in [6.07, 6.45) is 0.288. The van der Waals surface area contributed by atoms with Crippen LogP contribution in [0.1, 0.15) is 16.8 Å². The van der Waals surface area contributed by atoms with Crippen LogP contribution in [0.15, 0.2) is 6.07 Å². The predicted octanol–water partition coefficient (Wildman–Crippen LogP) is 1.12. The molecule has 120 valence electrons. The number of fused-ring (bicyclic) bond motifs is 2. The van der Waals surface area contributed by atoms with Crippen molar-refractivity contribution in [2.45, 2.75) is 17.7 Å². The SMILES string of the molecule is COc1c(F)c(F)cc(C(=O)N2C[C@H]3C[C@H]2CS3(=O)=O)c1F. The molecule has 2 saturated heterocycles. The van der Waals surface area contributed by atoms with Crippen LogP contribution in [-0.2, 0) is 9.84 Å². The molecule has 2 atom stereocenters. The number of carbonyl (C=O) groups excluding carboxylic acids is 1. The lowest BCUT2D eigenvalue weighted by Crippen LogP contribution is -2.44. The topological polar surface area (TPSA) is 63.7 Å². The van der Waals surface area contributed by atoms with Gasteiger partial charge in [0.25, 0.3) is 5.91 Å². The Hall–Kier alpha value is -1.77. The Morgan fingerprint density at radius 1 is 1.32 bits per heavy atom. The lowest BCUT2D eigenvalue weighted by atomic mass is 10.1. The Morgan fingerprint density at radius 2 is 2.00 bits per heavy atom. The number of ether oxygens (including phenoxy) is 1. The van der Waals surface area contributed by atoms with Gasteiger partial charge in [-0.3, -0.25) is 4.79 Å². The number of rotatable bonds is 2. The molecule has 2 aliphatic rings. The van der Waals surface area contributed by atoms with Crippen molar-refractivity contribution < 1.29 is 31.1 Å². The summed E-state index contributed by atoms with van der Waals surface area (Å²) < 4.78 is 68.7. The number of likely N-dealkylation sites (tertiary alicyclic amines) is 1. The normalized spacial score (nSPS) is 25.5. The standard InChI is InChI=1S/C13H12F3NO4S/c1-21-12-10(15)8(3-9(14)11(12)16)13(18)17-4-7-2-6(17)5-22(7,19)20/h3,6-7H,2,4-5H2,1H3/t6-,7+/m0/s1. The number of benzene rings is 1. The van der Waals surface area contributed by atoms with Gasteiger partial charge in [-0.15, -0.1) is 0 Å². The van der Waals surface area contributed by atoms with Crippen LogP contribution in [0.3, 0.4) is 0 Å². The molecule has 0 aliphatic carbocycles. The van der Waals surface area contributed by atoms with Crippen LogP contribution in [0, 0.1) is 17.5 Å². The van der Waals surface area contributed by atoms with Crippen molar-refractivity contribution in [2.24, 2.45) is 0 Å².